The molecule has 1 saturated heterocycles. The highest BCUT2D eigenvalue weighted by Crippen LogP contribution is 2.42. The lowest BCUT2D eigenvalue weighted by atomic mass is 9.76. The van der Waals surface area contributed by atoms with Crippen LogP contribution in [0.4, 0.5) is 16.0 Å². The van der Waals surface area contributed by atoms with Crippen molar-refractivity contribution < 1.29 is 14.2 Å². The van der Waals surface area contributed by atoms with E-state index in [1.165, 1.54) is 23.8 Å². The summed E-state index contributed by atoms with van der Waals surface area (Å²) < 4.78 is 22.9. The van der Waals surface area contributed by atoms with Crippen molar-refractivity contribution in [3.63, 3.8) is 0 Å². The maximum atomic E-state index is 14.4. The number of halogens is 1. The molecule has 6 rings (SSSR count). The summed E-state index contributed by atoms with van der Waals surface area (Å²) in [6.07, 6.45) is 7.52. The Labute approximate surface area is 195 Å². The fraction of sp³-hybridized carbons (Fsp3) is 0.478. The quantitative estimate of drug-likeness (QED) is 0.471. The maximum Gasteiger partial charge on any atom is 0.223 e. The molecule has 1 aliphatic heterocycles. The number of rotatable bonds is 4. The van der Waals surface area contributed by atoms with E-state index in [-0.39, 0.29) is 23.7 Å². The number of piperidine rings is 1. The largest absolute Gasteiger partial charge is 0.494 e. The van der Waals surface area contributed by atoms with Gasteiger partial charge in [-0.1, -0.05) is 0 Å². The molecule has 4 aromatic rings. The Balaban J connectivity index is 1.31. The zero-order valence-corrected chi connectivity index (χ0v) is 19.1. The molecule has 1 aromatic carbocycles. The fourth-order valence-corrected chi connectivity index (χ4v) is 5.17. The summed E-state index contributed by atoms with van der Waals surface area (Å²) in [6, 6.07) is 2.91. The van der Waals surface area contributed by atoms with E-state index in [9.17, 15) is 9.50 Å². The van der Waals surface area contributed by atoms with Crippen molar-refractivity contribution in [3.05, 3.63) is 36.2 Å². The Hall–Kier alpha value is -3.47. The van der Waals surface area contributed by atoms with Gasteiger partial charge in [-0.3, -0.25) is 4.68 Å². The predicted molar refractivity (Wildman–Crippen MR) is 125 cm³/mol. The molecule has 3 atom stereocenters. The average Bonchev–Trinajstić information content (AvgIpc) is 3.47. The van der Waals surface area contributed by atoms with Crippen LogP contribution in [0.5, 0.6) is 5.75 Å². The van der Waals surface area contributed by atoms with Crippen molar-refractivity contribution in [1.29, 1.82) is 0 Å². The Kier molecular flexibility index (Phi) is 4.67. The molecule has 1 unspecified atom stereocenters. The van der Waals surface area contributed by atoms with Crippen LogP contribution in [0, 0.1) is 5.82 Å². The normalized spacial score (nSPS) is 25.1. The second-order valence-corrected chi connectivity index (χ2v) is 9.55. The molecule has 178 valence electrons. The van der Waals surface area contributed by atoms with E-state index in [0.717, 1.165) is 44.5 Å². The van der Waals surface area contributed by atoms with Gasteiger partial charge >= 0.3 is 0 Å². The SMILES string of the molecule is COc1cc2nc(N)n3nc([C@@H]4CCCN(c5cnn(C6CC[C@@]6(C)O)c5)C4)nc3c2cc1F. The summed E-state index contributed by atoms with van der Waals surface area (Å²) in [5.41, 5.74) is 7.47. The van der Waals surface area contributed by atoms with Gasteiger partial charge in [-0.25, -0.2) is 14.4 Å². The van der Waals surface area contributed by atoms with Gasteiger partial charge in [0.25, 0.3) is 0 Å². The van der Waals surface area contributed by atoms with E-state index in [1.54, 1.807) is 0 Å². The molecule has 10 nitrogen and oxygen atoms in total. The van der Waals surface area contributed by atoms with Crippen LogP contribution in [-0.4, -0.2) is 60.3 Å². The Morgan fingerprint density at radius 1 is 1.26 bits per heavy atom. The van der Waals surface area contributed by atoms with Crippen molar-refractivity contribution in [2.24, 2.45) is 0 Å². The van der Waals surface area contributed by atoms with Crippen LogP contribution in [0.1, 0.15) is 50.4 Å². The van der Waals surface area contributed by atoms with E-state index < -0.39 is 11.4 Å². The van der Waals surface area contributed by atoms with Crippen molar-refractivity contribution in [2.45, 2.75) is 50.2 Å². The lowest BCUT2D eigenvalue weighted by Crippen LogP contribution is -2.45. The van der Waals surface area contributed by atoms with Gasteiger partial charge in [-0.05, 0) is 38.7 Å². The van der Waals surface area contributed by atoms with Crippen molar-refractivity contribution in [1.82, 2.24) is 29.4 Å². The minimum absolute atomic E-state index is 0.0183. The van der Waals surface area contributed by atoms with Crippen molar-refractivity contribution in [2.75, 3.05) is 30.8 Å². The third-order valence-electron chi connectivity index (χ3n) is 7.29. The van der Waals surface area contributed by atoms with Crippen LogP contribution in [-0.2, 0) is 0 Å². The van der Waals surface area contributed by atoms with E-state index in [1.807, 2.05) is 24.0 Å². The van der Waals surface area contributed by atoms with Gasteiger partial charge in [-0.2, -0.15) is 9.61 Å². The molecule has 11 heteroatoms. The van der Waals surface area contributed by atoms with Gasteiger partial charge < -0.3 is 20.5 Å². The van der Waals surface area contributed by atoms with Gasteiger partial charge in [0.2, 0.25) is 5.95 Å². The third-order valence-corrected chi connectivity index (χ3v) is 7.29. The molecular weight excluding hydrogens is 439 g/mol. The number of benzene rings is 1. The Morgan fingerprint density at radius 2 is 2.12 bits per heavy atom. The number of fused-ring (bicyclic) bond motifs is 3. The molecule has 34 heavy (non-hydrogen) atoms. The van der Waals surface area contributed by atoms with Crippen molar-refractivity contribution in [3.8, 4) is 5.75 Å². The molecule has 2 fully saturated rings. The van der Waals surface area contributed by atoms with E-state index in [0.29, 0.717) is 22.4 Å². The fourth-order valence-electron chi connectivity index (χ4n) is 5.17. The number of hydrogen-bond acceptors (Lipinski definition) is 8. The van der Waals surface area contributed by atoms with Crippen LogP contribution in [0.15, 0.2) is 24.5 Å². The summed E-state index contributed by atoms with van der Waals surface area (Å²) in [6.45, 7) is 3.51. The number of methoxy groups -OCH3 is 1. The number of ether oxygens (including phenoxy) is 1. The predicted octanol–water partition coefficient (Wildman–Crippen LogP) is 2.67. The maximum absolute atomic E-state index is 14.4. The standard InChI is InChI=1S/C23H27FN8O2/c1-23(33)6-5-19(23)31-12-14(10-26-31)30-7-3-4-13(11-30)20-28-21-15-8-16(24)18(34-2)9-17(15)27-22(25)32(21)29-20/h8-10,12-13,19,33H,3-7,11H2,1-2H3,(H2,25,27)/t13-,19?,23-/m1/s1. The molecular formula is C23H27FN8O2. The first-order valence-electron chi connectivity index (χ1n) is 11.5. The topological polar surface area (TPSA) is 120 Å². The summed E-state index contributed by atoms with van der Waals surface area (Å²) in [4.78, 5) is 11.4. The first-order valence-corrected chi connectivity index (χ1v) is 11.5. The van der Waals surface area contributed by atoms with Crippen LogP contribution in [0.25, 0.3) is 16.6 Å². The Bertz CT molecular complexity index is 1400. The number of aromatic nitrogens is 6. The van der Waals surface area contributed by atoms with Crippen molar-refractivity contribution >= 4 is 28.2 Å². The average molecular weight is 467 g/mol. The van der Waals surface area contributed by atoms with Gasteiger partial charge in [-0.15, -0.1) is 5.10 Å². The summed E-state index contributed by atoms with van der Waals surface area (Å²) in [5.74, 6) is 0.559. The zero-order valence-electron chi connectivity index (χ0n) is 19.1. The van der Waals surface area contributed by atoms with Crippen LogP contribution >= 0.6 is 0 Å². The molecule has 4 heterocycles. The number of hydrogen-bond donors (Lipinski definition) is 2. The van der Waals surface area contributed by atoms with E-state index in [4.69, 9.17) is 15.5 Å². The highest BCUT2D eigenvalue weighted by atomic mass is 19.1. The van der Waals surface area contributed by atoms with Gasteiger partial charge in [0.15, 0.2) is 23.0 Å². The zero-order chi connectivity index (χ0) is 23.6. The number of anilines is 2. The second kappa shape index (κ2) is 7.52. The van der Waals surface area contributed by atoms with Crippen LogP contribution < -0.4 is 15.4 Å². The Morgan fingerprint density at radius 3 is 2.85 bits per heavy atom. The van der Waals surface area contributed by atoms with Crippen LogP contribution in [0.2, 0.25) is 0 Å². The molecule has 1 aliphatic carbocycles. The highest BCUT2D eigenvalue weighted by molar-refractivity contribution is 5.93. The van der Waals surface area contributed by atoms with Gasteiger partial charge in [0.05, 0.1) is 36.2 Å². The first kappa shape index (κ1) is 21.1. The number of nitrogens with zero attached hydrogens (tertiary/aromatic N) is 7. The molecule has 2 aliphatic rings. The summed E-state index contributed by atoms with van der Waals surface area (Å²) in [7, 11) is 1.41. The third kappa shape index (κ3) is 3.25. The lowest BCUT2D eigenvalue weighted by molar-refractivity contribution is -0.0737. The minimum atomic E-state index is -0.700. The molecule has 0 spiro atoms. The van der Waals surface area contributed by atoms with E-state index in [2.05, 4.69) is 20.1 Å². The van der Waals surface area contributed by atoms with Gasteiger partial charge in [0, 0.05) is 36.7 Å². The highest BCUT2D eigenvalue weighted by Gasteiger charge is 2.43. The smallest absolute Gasteiger partial charge is 0.223 e. The summed E-state index contributed by atoms with van der Waals surface area (Å²) in [5, 5.41) is 20.1. The van der Waals surface area contributed by atoms with Gasteiger partial charge in [0.1, 0.15) is 0 Å². The number of nitrogen functional groups attached to an aromatic ring is 1. The minimum Gasteiger partial charge on any atom is -0.494 e. The van der Waals surface area contributed by atoms with Crippen LogP contribution in [0.3, 0.4) is 0 Å². The number of nitrogens with two attached hydrogens (primary N) is 1. The van der Waals surface area contributed by atoms with E-state index >= 15 is 0 Å². The molecule has 0 bridgehead atoms. The monoisotopic (exact) mass is 466 g/mol. The molecule has 1 saturated carbocycles. The second-order valence-electron chi connectivity index (χ2n) is 9.55. The first-order chi connectivity index (χ1) is 16.3. The molecule has 0 radical (unpaired) electrons. The molecule has 0 amide bonds. The number of aliphatic hydroxyl groups is 1. The molecule has 3 aromatic heterocycles. The molecule has 3 N–H and O–H groups in total. The summed E-state index contributed by atoms with van der Waals surface area (Å²) >= 11 is 0. The lowest BCUT2D eigenvalue weighted by Gasteiger charge is -2.42.